The number of anilines is 1. The van der Waals surface area contributed by atoms with Crippen LogP contribution >= 0.6 is 11.6 Å². The third-order valence-corrected chi connectivity index (χ3v) is 3.03. The van der Waals surface area contributed by atoms with Crippen LogP contribution in [-0.2, 0) is 0 Å². The standard InChI is InChI=1S/C10H11ClN2O3/c11-8-5-7(13(15)16)1-2-9(8)12-10(6-14)3-4-10/h1-2,5,12,14H,3-4,6H2. The molecule has 1 fully saturated rings. The summed E-state index contributed by atoms with van der Waals surface area (Å²) in [5, 5.41) is 23.1. The molecule has 86 valence electrons. The minimum atomic E-state index is -0.491. The summed E-state index contributed by atoms with van der Waals surface area (Å²) in [6.45, 7) is 0.0420. The molecule has 0 amide bonds. The van der Waals surface area contributed by atoms with E-state index in [0.717, 1.165) is 12.8 Å². The lowest BCUT2D eigenvalue weighted by Gasteiger charge is -2.16. The van der Waals surface area contributed by atoms with E-state index in [1.807, 2.05) is 0 Å². The fourth-order valence-electron chi connectivity index (χ4n) is 1.48. The van der Waals surface area contributed by atoms with E-state index >= 15 is 0 Å². The van der Waals surface area contributed by atoms with Crippen LogP contribution in [0.5, 0.6) is 0 Å². The predicted molar refractivity (Wildman–Crippen MR) is 60.8 cm³/mol. The molecule has 1 aliphatic rings. The van der Waals surface area contributed by atoms with Crippen molar-refractivity contribution in [3.63, 3.8) is 0 Å². The molecule has 0 saturated heterocycles. The Bertz CT molecular complexity index is 432. The third kappa shape index (κ3) is 2.10. The molecule has 0 spiro atoms. The van der Waals surface area contributed by atoms with E-state index in [1.165, 1.54) is 12.1 Å². The van der Waals surface area contributed by atoms with Gasteiger partial charge in [0.25, 0.3) is 5.69 Å². The van der Waals surface area contributed by atoms with Crippen LogP contribution in [0.1, 0.15) is 12.8 Å². The van der Waals surface area contributed by atoms with Gasteiger partial charge < -0.3 is 10.4 Å². The van der Waals surface area contributed by atoms with Crippen LogP contribution in [0.2, 0.25) is 5.02 Å². The number of aliphatic hydroxyl groups is 1. The molecule has 5 nitrogen and oxygen atoms in total. The van der Waals surface area contributed by atoms with Crippen LogP contribution in [0, 0.1) is 10.1 Å². The van der Waals surface area contributed by atoms with E-state index in [1.54, 1.807) is 6.07 Å². The zero-order valence-electron chi connectivity index (χ0n) is 8.44. The molecule has 0 heterocycles. The number of non-ortho nitro benzene ring substituents is 1. The summed E-state index contributed by atoms with van der Waals surface area (Å²) in [5.41, 5.74) is 0.308. The van der Waals surface area contributed by atoms with Crippen LogP contribution < -0.4 is 5.32 Å². The second-order valence-electron chi connectivity index (χ2n) is 3.98. The first-order valence-electron chi connectivity index (χ1n) is 4.89. The number of nitro groups is 1. The lowest BCUT2D eigenvalue weighted by Crippen LogP contribution is -2.25. The van der Waals surface area contributed by atoms with Gasteiger partial charge in [0.05, 0.1) is 27.8 Å². The Morgan fingerprint density at radius 2 is 2.25 bits per heavy atom. The van der Waals surface area contributed by atoms with Crippen molar-refractivity contribution in [1.82, 2.24) is 0 Å². The van der Waals surface area contributed by atoms with Crippen LogP contribution in [0.4, 0.5) is 11.4 Å². The molecule has 16 heavy (non-hydrogen) atoms. The van der Waals surface area contributed by atoms with Gasteiger partial charge in [-0.25, -0.2) is 0 Å². The molecule has 2 N–H and O–H groups in total. The van der Waals surface area contributed by atoms with Crippen LogP contribution in [0.25, 0.3) is 0 Å². The molecule has 0 aromatic heterocycles. The lowest BCUT2D eigenvalue weighted by molar-refractivity contribution is -0.384. The van der Waals surface area contributed by atoms with Gasteiger partial charge in [-0.05, 0) is 18.9 Å². The van der Waals surface area contributed by atoms with E-state index in [4.69, 9.17) is 16.7 Å². The van der Waals surface area contributed by atoms with E-state index in [0.29, 0.717) is 10.7 Å². The average molecular weight is 243 g/mol. The summed E-state index contributed by atoms with van der Waals surface area (Å²) < 4.78 is 0. The number of nitrogens with zero attached hydrogens (tertiary/aromatic N) is 1. The molecule has 1 aromatic rings. The Kier molecular flexibility index (Phi) is 2.73. The van der Waals surface area contributed by atoms with Crippen LogP contribution in [-0.4, -0.2) is 22.2 Å². The first kappa shape index (κ1) is 11.2. The molecule has 1 saturated carbocycles. The topological polar surface area (TPSA) is 75.4 Å². The summed E-state index contributed by atoms with van der Waals surface area (Å²) in [5.74, 6) is 0. The molecular formula is C10H11ClN2O3. The number of nitrogens with one attached hydrogen (secondary N) is 1. The summed E-state index contributed by atoms with van der Waals surface area (Å²) >= 11 is 5.92. The normalized spacial score (nSPS) is 16.9. The molecular weight excluding hydrogens is 232 g/mol. The molecule has 1 aliphatic carbocycles. The Hall–Kier alpha value is -1.33. The van der Waals surface area contributed by atoms with Crippen molar-refractivity contribution >= 4 is 23.0 Å². The smallest absolute Gasteiger partial charge is 0.271 e. The van der Waals surface area contributed by atoms with Crippen molar-refractivity contribution in [2.45, 2.75) is 18.4 Å². The fourth-order valence-corrected chi connectivity index (χ4v) is 1.70. The Morgan fingerprint density at radius 3 is 2.69 bits per heavy atom. The lowest BCUT2D eigenvalue weighted by atomic mass is 10.2. The van der Waals surface area contributed by atoms with Crippen LogP contribution in [0.15, 0.2) is 18.2 Å². The Labute approximate surface area is 97.2 Å². The van der Waals surface area contributed by atoms with E-state index in [-0.39, 0.29) is 17.8 Å². The summed E-state index contributed by atoms with van der Waals surface area (Å²) in [4.78, 5) is 10.0. The highest BCUT2D eigenvalue weighted by atomic mass is 35.5. The maximum Gasteiger partial charge on any atom is 0.271 e. The molecule has 2 rings (SSSR count). The van der Waals surface area contributed by atoms with Crippen LogP contribution in [0.3, 0.4) is 0 Å². The molecule has 1 aromatic carbocycles. The van der Waals surface area contributed by atoms with Gasteiger partial charge in [-0.2, -0.15) is 0 Å². The van der Waals surface area contributed by atoms with Gasteiger partial charge in [0, 0.05) is 12.1 Å². The quantitative estimate of drug-likeness (QED) is 0.627. The average Bonchev–Trinajstić information content (AvgIpc) is 3.01. The van der Waals surface area contributed by atoms with E-state index in [9.17, 15) is 10.1 Å². The van der Waals surface area contributed by atoms with Crippen molar-refractivity contribution in [3.05, 3.63) is 33.3 Å². The van der Waals surface area contributed by atoms with Gasteiger partial charge in [0.2, 0.25) is 0 Å². The van der Waals surface area contributed by atoms with Crippen molar-refractivity contribution < 1.29 is 10.0 Å². The predicted octanol–water partition coefficient (Wildman–Crippen LogP) is 2.18. The second kappa shape index (κ2) is 3.92. The highest BCUT2D eigenvalue weighted by molar-refractivity contribution is 6.33. The summed E-state index contributed by atoms with van der Waals surface area (Å²) in [6, 6.07) is 4.26. The van der Waals surface area contributed by atoms with Gasteiger partial charge in [-0.3, -0.25) is 10.1 Å². The molecule has 0 unspecified atom stereocenters. The Morgan fingerprint density at radius 1 is 1.56 bits per heavy atom. The molecule has 0 aliphatic heterocycles. The van der Waals surface area contributed by atoms with Crippen molar-refractivity contribution in [1.29, 1.82) is 0 Å². The number of benzene rings is 1. The largest absolute Gasteiger partial charge is 0.394 e. The zero-order valence-corrected chi connectivity index (χ0v) is 9.20. The molecule has 6 heteroatoms. The molecule has 0 atom stereocenters. The maximum atomic E-state index is 10.5. The number of halogens is 1. The van der Waals surface area contributed by atoms with E-state index in [2.05, 4.69) is 5.32 Å². The fraction of sp³-hybridized carbons (Fsp3) is 0.400. The zero-order chi connectivity index (χ0) is 11.8. The first-order valence-corrected chi connectivity index (χ1v) is 5.27. The monoisotopic (exact) mass is 242 g/mol. The van der Waals surface area contributed by atoms with Crippen molar-refractivity contribution in [3.8, 4) is 0 Å². The van der Waals surface area contributed by atoms with Crippen molar-refractivity contribution in [2.75, 3.05) is 11.9 Å². The minimum Gasteiger partial charge on any atom is -0.394 e. The number of nitro benzene ring substituents is 1. The highest BCUT2D eigenvalue weighted by Gasteiger charge is 2.42. The van der Waals surface area contributed by atoms with Gasteiger partial charge in [-0.15, -0.1) is 0 Å². The highest BCUT2D eigenvalue weighted by Crippen LogP contribution is 2.40. The number of hydrogen-bond donors (Lipinski definition) is 2. The third-order valence-electron chi connectivity index (χ3n) is 2.72. The second-order valence-corrected chi connectivity index (χ2v) is 4.39. The molecule has 0 radical (unpaired) electrons. The summed E-state index contributed by atoms with van der Waals surface area (Å²) in [7, 11) is 0. The van der Waals surface area contributed by atoms with Gasteiger partial charge in [0.1, 0.15) is 0 Å². The number of aliphatic hydroxyl groups excluding tert-OH is 1. The SMILES string of the molecule is O=[N+]([O-])c1ccc(NC2(CO)CC2)c(Cl)c1. The summed E-state index contributed by atoms with van der Waals surface area (Å²) in [6.07, 6.45) is 1.77. The number of rotatable bonds is 4. The van der Waals surface area contributed by atoms with Gasteiger partial charge in [-0.1, -0.05) is 11.6 Å². The maximum absolute atomic E-state index is 10.5. The Balaban J connectivity index is 2.20. The number of hydrogen-bond acceptors (Lipinski definition) is 4. The first-order chi connectivity index (χ1) is 7.56. The van der Waals surface area contributed by atoms with Gasteiger partial charge >= 0.3 is 0 Å². The minimum absolute atomic E-state index is 0.0376. The van der Waals surface area contributed by atoms with Gasteiger partial charge in [0.15, 0.2) is 0 Å². The van der Waals surface area contributed by atoms with E-state index < -0.39 is 4.92 Å². The molecule has 0 bridgehead atoms. The van der Waals surface area contributed by atoms with Crippen molar-refractivity contribution in [2.24, 2.45) is 0 Å².